The summed E-state index contributed by atoms with van der Waals surface area (Å²) in [6, 6.07) is 0. The monoisotopic (exact) mass is 198 g/mol. The van der Waals surface area contributed by atoms with Crippen LogP contribution < -0.4 is 0 Å². The molecule has 1 aromatic heterocycles. The van der Waals surface area contributed by atoms with Crippen molar-refractivity contribution < 1.29 is 9.84 Å². The molecule has 0 saturated carbocycles. The Bertz CT molecular complexity index is 273. The maximum atomic E-state index is 9.86. The summed E-state index contributed by atoms with van der Waals surface area (Å²) >= 11 is 0. The molecule has 0 aliphatic heterocycles. The molecule has 0 aliphatic rings. The third-order valence-corrected chi connectivity index (χ3v) is 2.34. The van der Waals surface area contributed by atoms with Crippen molar-refractivity contribution in [3.05, 3.63) is 18.2 Å². The van der Waals surface area contributed by atoms with Gasteiger partial charge in [0.1, 0.15) is 11.9 Å². The van der Waals surface area contributed by atoms with Crippen molar-refractivity contribution in [1.82, 2.24) is 9.55 Å². The van der Waals surface area contributed by atoms with Crippen molar-refractivity contribution in [2.75, 3.05) is 7.11 Å². The predicted octanol–water partition coefficient (Wildman–Crippen LogP) is 1.36. The zero-order valence-electron chi connectivity index (χ0n) is 8.97. The molecule has 4 nitrogen and oxygen atoms in total. The molecular formula is C10H18N2O2. The van der Waals surface area contributed by atoms with Gasteiger partial charge in [-0.2, -0.15) is 0 Å². The zero-order valence-corrected chi connectivity index (χ0v) is 8.97. The predicted molar refractivity (Wildman–Crippen MR) is 53.9 cm³/mol. The molecule has 14 heavy (non-hydrogen) atoms. The maximum Gasteiger partial charge on any atom is 0.137 e. The van der Waals surface area contributed by atoms with Gasteiger partial charge in [0.15, 0.2) is 0 Å². The normalized spacial score (nSPS) is 15.4. The molecule has 0 amide bonds. The van der Waals surface area contributed by atoms with Crippen molar-refractivity contribution in [2.24, 2.45) is 0 Å². The Hall–Kier alpha value is -0.870. The second kappa shape index (κ2) is 5.12. The number of hydrogen-bond acceptors (Lipinski definition) is 3. The van der Waals surface area contributed by atoms with E-state index < -0.39 is 6.10 Å². The van der Waals surface area contributed by atoms with Crippen LogP contribution in [0.5, 0.6) is 0 Å². The van der Waals surface area contributed by atoms with E-state index in [4.69, 9.17) is 4.74 Å². The van der Waals surface area contributed by atoms with E-state index in [0.29, 0.717) is 6.42 Å². The molecule has 1 aromatic rings. The van der Waals surface area contributed by atoms with Crippen LogP contribution >= 0.6 is 0 Å². The molecule has 2 unspecified atom stereocenters. The van der Waals surface area contributed by atoms with Crippen LogP contribution in [-0.4, -0.2) is 27.9 Å². The van der Waals surface area contributed by atoms with Gasteiger partial charge in [-0.3, -0.25) is 0 Å². The van der Waals surface area contributed by atoms with Crippen molar-refractivity contribution >= 4 is 0 Å². The first-order valence-corrected chi connectivity index (χ1v) is 4.90. The smallest absolute Gasteiger partial charge is 0.137 e. The Labute approximate surface area is 84.5 Å². The number of imidazole rings is 1. The maximum absolute atomic E-state index is 9.86. The lowest BCUT2D eigenvalue weighted by Gasteiger charge is -2.15. The molecule has 0 saturated heterocycles. The number of rotatable bonds is 5. The Kier molecular flexibility index (Phi) is 4.10. The summed E-state index contributed by atoms with van der Waals surface area (Å²) in [6.07, 6.45) is 3.66. The molecule has 1 heterocycles. The summed E-state index contributed by atoms with van der Waals surface area (Å²) in [7, 11) is 1.64. The van der Waals surface area contributed by atoms with Crippen molar-refractivity contribution in [3.8, 4) is 0 Å². The number of aryl methyl sites for hydroxylation is 1. The summed E-state index contributed by atoms with van der Waals surface area (Å²) in [5.74, 6) is 0.719. The van der Waals surface area contributed by atoms with Crippen LogP contribution in [0.2, 0.25) is 0 Å². The van der Waals surface area contributed by atoms with Crippen molar-refractivity contribution in [3.63, 3.8) is 0 Å². The third kappa shape index (κ3) is 2.56. The second-order valence-corrected chi connectivity index (χ2v) is 3.37. The molecule has 0 radical (unpaired) electrons. The van der Waals surface area contributed by atoms with E-state index in [1.54, 1.807) is 13.3 Å². The van der Waals surface area contributed by atoms with E-state index in [1.165, 1.54) is 0 Å². The van der Waals surface area contributed by atoms with E-state index in [1.807, 2.05) is 24.6 Å². The second-order valence-electron chi connectivity index (χ2n) is 3.37. The van der Waals surface area contributed by atoms with Crippen LogP contribution in [0.3, 0.4) is 0 Å². The Morgan fingerprint density at radius 2 is 2.36 bits per heavy atom. The minimum atomic E-state index is -0.542. The number of methoxy groups -OCH3 is 1. The molecule has 80 valence electrons. The number of ether oxygens (including phenoxy) is 1. The van der Waals surface area contributed by atoms with Gasteiger partial charge in [0, 0.05) is 32.5 Å². The highest BCUT2D eigenvalue weighted by Gasteiger charge is 2.16. The fourth-order valence-electron chi connectivity index (χ4n) is 1.40. The summed E-state index contributed by atoms with van der Waals surface area (Å²) in [5.41, 5.74) is 0. The lowest BCUT2D eigenvalue weighted by Crippen LogP contribution is -2.14. The van der Waals surface area contributed by atoms with E-state index in [9.17, 15) is 5.11 Å². The van der Waals surface area contributed by atoms with Crippen LogP contribution in [0.25, 0.3) is 0 Å². The summed E-state index contributed by atoms with van der Waals surface area (Å²) in [4.78, 5) is 4.13. The quantitative estimate of drug-likeness (QED) is 0.777. The molecule has 0 spiro atoms. The highest BCUT2D eigenvalue weighted by molar-refractivity contribution is 4.96. The van der Waals surface area contributed by atoms with Crippen LogP contribution in [-0.2, 0) is 11.3 Å². The largest absolute Gasteiger partial charge is 0.385 e. The average Bonchev–Trinajstić information content (AvgIpc) is 2.65. The topological polar surface area (TPSA) is 47.3 Å². The Morgan fingerprint density at radius 1 is 1.64 bits per heavy atom. The lowest BCUT2D eigenvalue weighted by atomic mass is 10.1. The van der Waals surface area contributed by atoms with Gasteiger partial charge in [-0.1, -0.05) is 0 Å². The average molecular weight is 198 g/mol. The van der Waals surface area contributed by atoms with Crippen LogP contribution in [0, 0.1) is 0 Å². The highest BCUT2D eigenvalue weighted by atomic mass is 16.5. The first-order chi connectivity index (χ1) is 6.69. The zero-order chi connectivity index (χ0) is 10.6. The molecule has 1 rings (SSSR count). The van der Waals surface area contributed by atoms with Gasteiger partial charge in [0.25, 0.3) is 0 Å². The van der Waals surface area contributed by atoms with Crippen molar-refractivity contribution in [1.29, 1.82) is 0 Å². The third-order valence-electron chi connectivity index (χ3n) is 2.34. The fraction of sp³-hybridized carbons (Fsp3) is 0.700. The van der Waals surface area contributed by atoms with E-state index in [-0.39, 0.29) is 6.10 Å². The molecule has 0 bridgehead atoms. The molecule has 0 aromatic carbocycles. The van der Waals surface area contributed by atoms with Crippen LogP contribution in [0.4, 0.5) is 0 Å². The standard InChI is InChI=1S/C10H18N2O2/c1-4-12-6-5-11-10(12)9(13)7-8(2)14-3/h5-6,8-9,13H,4,7H2,1-3H3. The van der Waals surface area contributed by atoms with Gasteiger partial charge in [-0.15, -0.1) is 0 Å². The minimum Gasteiger partial charge on any atom is -0.385 e. The van der Waals surface area contributed by atoms with Crippen LogP contribution in [0.1, 0.15) is 32.2 Å². The lowest BCUT2D eigenvalue weighted by molar-refractivity contribution is 0.0510. The fourth-order valence-corrected chi connectivity index (χ4v) is 1.40. The van der Waals surface area contributed by atoms with Gasteiger partial charge in [0.2, 0.25) is 0 Å². The summed E-state index contributed by atoms with van der Waals surface area (Å²) in [6.45, 7) is 4.79. The summed E-state index contributed by atoms with van der Waals surface area (Å²) in [5, 5.41) is 9.86. The van der Waals surface area contributed by atoms with Gasteiger partial charge in [0.05, 0.1) is 6.10 Å². The SMILES string of the molecule is CCn1ccnc1C(O)CC(C)OC. The molecule has 0 fully saturated rings. The number of hydrogen-bond donors (Lipinski definition) is 1. The van der Waals surface area contributed by atoms with Gasteiger partial charge in [-0.05, 0) is 13.8 Å². The number of aliphatic hydroxyl groups excluding tert-OH is 1. The minimum absolute atomic E-state index is 0.0482. The molecule has 4 heteroatoms. The number of nitrogens with zero attached hydrogens (tertiary/aromatic N) is 2. The van der Waals surface area contributed by atoms with Crippen molar-refractivity contribution in [2.45, 2.75) is 39.0 Å². The highest BCUT2D eigenvalue weighted by Crippen LogP contribution is 2.17. The Morgan fingerprint density at radius 3 is 2.93 bits per heavy atom. The molecule has 1 N–H and O–H groups in total. The molecular weight excluding hydrogens is 180 g/mol. The van der Waals surface area contributed by atoms with Gasteiger partial charge >= 0.3 is 0 Å². The Balaban J connectivity index is 2.64. The molecule has 0 aliphatic carbocycles. The summed E-state index contributed by atoms with van der Waals surface area (Å²) < 4.78 is 7.03. The first-order valence-electron chi connectivity index (χ1n) is 4.90. The van der Waals surface area contributed by atoms with E-state index >= 15 is 0 Å². The molecule has 2 atom stereocenters. The number of aliphatic hydroxyl groups is 1. The van der Waals surface area contributed by atoms with E-state index in [0.717, 1.165) is 12.4 Å². The van der Waals surface area contributed by atoms with E-state index in [2.05, 4.69) is 4.98 Å². The van der Waals surface area contributed by atoms with Crippen LogP contribution in [0.15, 0.2) is 12.4 Å². The first kappa shape index (κ1) is 11.2. The van der Waals surface area contributed by atoms with Gasteiger partial charge < -0.3 is 14.4 Å². The van der Waals surface area contributed by atoms with Gasteiger partial charge in [-0.25, -0.2) is 4.98 Å². The number of aromatic nitrogens is 2.